The Morgan fingerprint density at radius 1 is 1.21 bits per heavy atom. The van der Waals surface area contributed by atoms with Crippen LogP contribution in [0.2, 0.25) is 0 Å². The van der Waals surface area contributed by atoms with Crippen molar-refractivity contribution in [1.29, 1.82) is 0 Å². The molecule has 1 fully saturated rings. The molecule has 0 saturated carbocycles. The molecule has 0 aromatic carbocycles. The molecule has 1 saturated heterocycles. The summed E-state index contributed by atoms with van der Waals surface area (Å²) in [5, 5.41) is 0. The normalized spacial score (nSPS) is 25.2. The van der Waals surface area contributed by atoms with E-state index in [2.05, 4.69) is 26.0 Å². The summed E-state index contributed by atoms with van der Waals surface area (Å²) < 4.78 is 5.50. The van der Waals surface area contributed by atoms with Crippen LogP contribution in [-0.2, 0) is 9.53 Å². The van der Waals surface area contributed by atoms with Gasteiger partial charge in [-0.3, -0.25) is 4.79 Å². The number of allylic oxidation sites excluding steroid dienone is 4. The number of carbonyl (C=O) groups excluding carboxylic acids is 2. The van der Waals surface area contributed by atoms with Gasteiger partial charge in [-0.2, -0.15) is 0 Å². The zero-order valence-electron chi connectivity index (χ0n) is 15.6. The Labute approximate surface area is 144 Å². The molecule has 3 rings (SSSR count). The standard InChI is InChI=1S/C20H29NO3/c1-18(2,3)24-17(23)21-12-10-20(11-13-21)15-9-7-6-8-14(15)16(22)19(20,4)5/h7,9H,6,8,10-13H2,1-5H3. The molecule has 0 radical (unpaired) electrons. The number of hydrogen-bond acceptors (Lipinski definition) is 3. The largest absolute Gasteiger partial charge is 0.444 e. The van der Waals surface area contributed by atoms with Gasteiger partial charge in [-0.15, -0.1) is 0 Å². The lowest BCUT2D eigenvalue weighted by Crippen LogP contribution is -2.50. The minimum atomic E-state index is -0.476. The van der Waals surface area contributed by atoms with E-state index in [4.69, 9.17) is 4.74 Å². The third kappa shape index (κ3) is 2.51. The molecule has 4 heteroatoms. The average molecular weight is 331 g/mol. The molecule has 1 spiro atoms. The van der Waals surface area contributed by atoms with Gasteiger partial charge in [-0.1, -0.05) is 26.0 Å². The maximum atomic E-state index is 12.9. The first-order valence-electron chi connectivity index (χ1n) is 9.01. The Morgan fingerprint density at radius 2 is 1.83 bits per heavy atom. The predicted molar refractivity (Wildman–Crippen MR) is 93.7 cm³/mol. The number of amides is 1. The second-order valence-corrected chi connectivity index (χ2v) is 8.84. The maximum absolute atomic E-state index is 12.9. The maximum Gasteiger partial charge on any atom is 0.410 e. The van der Waals surface area contributed by atoms with Crippen LogP contribution >= 0.6 is 0 Å². The average Bonchev–Trinajstić information content (AvgIpc) is 2.66. The summed E-state index contributed by atoms with van der Waals surface area (Å²) in [6.45, 7) is 11.1. The molecular weight excluding hydrogens is 302 g/mol. The molecule has 4 nitrogen and oxygen atoms in total. The summed E-state index contributed by atoms with van der Waals surface area (Å²) >= 11 is 0. The van der Waals surface area contributed by atoms with Crippen molar-refractivity contribution in [3.63, 3.8) is 0 Å². The van der Waals surface area contributed by atoms with E-state index in [9.17, 15) is 9.59 Å². The fraction of sp³-hybridized carbons (Fsp3) is 0.700. The topological polar surface area (TPSA) is 46.6 Å². The highest BCUT2D eigenvalue weighted by Gasteiger charge is 2.59. The molecule has 3 aliphatic rings. The van der Waals surface area contributed by atoms with Crippen molar-refractivity contribution in [2.24, 2.45) is 10.8 Å². The number of rotatable bonds is 0. The van der Waals surface area contributed by atoms with E-state index in [1.54, 1.807) is 4.90 Å². The van der Waals surface area contributed by atoms with Crippen LogP contribution in [0.25, 0.3) is 0 Å². The van der Waals surface area contributed by atoms with Gasteiger partial charge in [-0.05, 0) is 57.6 Å². The van der Waals surface area contributed by atoms with Gasteiger partial charge < -0.3 is 9.64 Å². The van der Waals surface area contributed by atoms with Crippen LogP contribution < -0.4 is 0 Å². The van der Waals surface area contributed by atoms with Gasteiger partial charge in [0.2, 0.25) is 0 Å². The number of ketones is 1. The van der Waals surface area contributed by atoms with Crippen LogP contribution in [0.4, 0.5) is 4.79 Å². The summed E-state index contributed by atoms with van der Waals surface area (Å²) in [5.41, 5.74) is 1.29. The first-order chi connectivity index (χ1) is 11.1. The van der Waals surface area contributed by atoms with Crippen molar-refractivity contribution in [3.8, 4) is 0 Å². The number of piperidine rings is 1. The molecule has 0 aromatic heterocycles. The number of ether oxygens (including phenoxy) is 1. The Morgan fingerprint density at radius 3 is 2.42 bits per heavy atom. The van der Waals surface area contributed by atoms with Gasteiger partial charge in [0.1, 0.15) is 5.60 Å². The quantitative estimate of drug-likeness (QED) is 0.666. The zero-order chi connectivity index (χ0) is 17.8. The monoisotopic (exact) mass is 331 g/mol. The number of likely N-dealkylation sites (tertiary alicyclic amines) is 1. The molecule has 0 aromatic rings. The second kappa shape index (κ2) is 5.47. The third-order valence-electron chi connectivity index (χ3n) is 5.99. The highest BCUT2D eigenvalue weighted by Crippen LogP contribution is 2.60. The fourth-order valence-electron chi connectivity index (χ4n) is 4.57. The Bertz CT molecular complexity index is 626. The number of fused-ring (bicyclic) bond motifs is 1. The molecule has 1 heterocycles. The van der Waals surface area contributed by atoms with E-state index in [1.165, 1.54) is 5.57 Å². The SMILES string of the molecule is CC(C)(C)OC(=O)N1CCC2(CC1)C1=C(CCC=C1)C(=O)C2(C)C. The molecule has 1 amide bonds. The van der Waals surface area contributed by atoms with Crippen LogP contribution in [-0.4, -0.2) is 35.5 Å². The summed E-state index contributed by atoms with van der Waals surface area (Å²) in [6.07, 6.45) is 7.60. The van der Waals surface area contributed by atoms with E-state index in [0.29, 0.717) is 18.9 Å². The molecule has 0 bridgehead atoms. The second-order valence-electron chi connectivity index (χ2n) is 8.84. The smallest absolute Gasteiger partial charge is 0.410 e. The van der Waals surface area contributed by atoms with Crippen molar-refractivity contribution >= 4 is 11.9 Å². The summed E-state index contributed by atoms with van der Waals surface area (Å²) in [5.74, 6) is 0.313. The van der Waals surface area contributed by atoms with Gasteiger partial charge in [0.05, 0.1) is 0 Å². The number of nitrogens with zero attached hydrogens (tertiary/aromatic N) is 1. The Balaban J connectivity index is 1.82. The van der Waals surface area contributed by atoms with Gasteiger partial charge in [0.15, 0.2) is 5.78 Å². The molecule has 1 aliphatic heterocycles. The lowest BCUT2D eigenvalue weighted by molar-refractivity contribution is -0.127. The molecule has 2 aliphatic carbocycles. The molecule has 132 valence electrons. The number of carbonyl (C=O) groups is 2. The van der Waals surface area contributed by atoms with Gasteiger partial charge in [-0.25, -0.2) is 4.79 Å². The summed E-state index contributed by atoms with van der Waals surface area (Å²) in [6, 6.07) is 0. The first kappa shape index (κ1) is 17.2. The van der Waals surface area contributed by atoms with Crippen molar-refractivity contribution in [2.45, 2.75) is 65.9 Å². The van der Waals surface area contributed by atoms with Crippen LogP contribution in [0.5, 0.6) is 0 Å². The van der Waals surface area contributed by atoms with Gasteiger partial charge >= 0.3 is 6.09 Å². The van der Waals surface area contributed by atoms with E-state index < -0.39 is 5.60 Å². The molecular formula is C20H29NO3. The van der Waals surface area contributed by atoms with Crippen LogP contribution in [0.15, 0.2) is 23.3 Å². The minimum absolute atomic E-state index is 0.130. The lowest BCUT2D eigenvalue weighted by atomic mass is 9.59. The van der Waals surface area contributed by atoms with Crippen molar-refractivity contribution in [1.82, 2.24) is 4.90 Å². The Hall–Kier alpha value is -1.58. The van der Waals surface area contributed by atoms with Gasteiger partial charge in [0, 0.05) is 23.9 Å². The van der Waals surface area contributed by atoms with Crippen molar-refractivity contribution < 1.29 is 14.3 Å². The van der Waals surface area contributed by atoms with Crippen LogP contribution in [0, 0.1) is 10.8 Å². The Kier molecular flexibility index (Phi) is 3.93. The first-order valence-corrected chi connectivity index (χ1v) is 9.01. The van der Waals surface area contributed by atoms with E-state index in [1.807, 2.05) is 20.8 Å². The predicted octanol–water partition coefficient (Wildman–Crippen LogP) is 4.26. The molecule has 0 N–H and O–H groups in total. The lowest BCUT2D eigenvalue weighted by Gasteiger charge is -2.48. The molecule has 0 unspecified atom stereocenters. The highest BCUT2D eigenvalue weighted by molar-refractivity contribution is 6.05. The zero-order valence-corrected chi connectivity index (χ0v) is 15.6. The van der Waals surface area contributed by atoms with E-state index >= 15 is 0 Å². The molecule has 24 heavy (non-hydrogen) atoms. The van der Waals surface area contributed by atoms with Gasteiger partial charge in [0.25, 0.3) is 0 Å². The van der Waals surface area contributed by atoms with E-state index in [0.717, 1.165) is 31.3 Å². The minimum Gasteiger partial charge on any atom is -0.444 e. The summed E-state index contributed by atoms with van der Waals surface area (Å²) in [4.78, 5) is 27.1. The van der Waals surface area contributed by atoms with Crippen LogP contribution in [0.1, 0.15) is 60.3 Å². The number of hydrogen-bond donors (Lipinski definition) is 0. The van der Waals surface area contributed by atoms with Crippen LogP contribution in [0.3, 0.4) is 0 Å². The third-order valence-corrected chi connectivity index (χ3v) is 5.99. The number of Topliss-reactive ketones (excluding diaryl/α,β-unsaturated/α-hetero) is 1. The van der Waals surface area contributed by atoms with E-state index in [-0.39, 0.29) is 16.9 Å². The summed E-state index contributed by atoms with van der Waals surface area (Å²) in [7, 11) is 0. The van der Waals surface area contributed by atoms with Crippen molar-refractivity contribution in [3.05, 3.63) is 23.3 Å². The fourth-order valence-corrected chi connectivity index (χ4v) is 4.57. The van der Waals surface area contributed by atoms with Crippen molar-refractivity contribution in [2.75, 3.05) is 13.1 Å². The molecule has 0 atom stereocenters. The highest BCUT2D eigenvalue weighted by atomic mass is 16.6.